The van der Waals surface area contributed by atoms with Crippen molar-refractivity contribution < 1.29 is 39.8 Å². The van der Waals surface area contributed by atoms with Crippen LogP contribution >= 0.6 is 0 Å². The molecule has 1 saturated heterocycles. The van der Waals surface area contributed by atoms with Crippen molar-refractivity contribution in [2.24, 2.45) is 0 Å². The van der Waals surface area contributed by atoms with E-state index in [1.165, 1.54) is 44.9 Å². The summed E-state index contributed by atoms with van der Waals surface area (Å²) in [5.74, 6) is -0.265. The van der Waals surface area contributed by atoms with E-state index < -0.39 is 49.5 Å². The highest BCUT2D eigenvalue weighted by molar-refractivity contribution is 5.76. The van der Waals surface area contributed by atoms with Gasteiger partial charge in [-0.2, -0.15) is 0 Å². The van der Waals surface area contributed by atoms with Crippen LogP contribution in [0.15, 0.2) is 85.1 Å². The lowest BCUT2D eigenvalue weighted by atomic mass is 9.99. The maximum Gasteiger partial charge on any atom is 0.220 e. The predicted molar refractivity (Wildman–Crippen MR) is 216 cm³/mol. The van der Waals surface area contributed by atoms with E-state index in [0.717, 1.165) is 57.8 Å². The maximum atomic E-state index is 12.9. The molecule has 0 aromatic rings. The SMILES string of the molecule is CC/C=C\C/C=C\C/C=C\C/C=C\C/C=C\C/C=C\CCC(=O)NC(COC1OC(CO)C(O)C(O)C1O)C(O)/C=C/CCCCCCCCCCC. The molecule has 1 aliphatic heterocycles. The second-order valence-corrected chi connectivity index (χ2v) is 13.7. The second kappa shape index (κ2) is 33.9. The van der Waals surface area contributed by atoms with Crippen LogP contribution in [0.1, 0.15) is 129 Å². The molecule has 7 unspecified atom stereocenters. The maximum absolute atomic E-state index is 12.9. The van der Waals surface area contributed by atoms with E-state index in [4.69, 9.17) is 9.47 Å². The number of allylic oxidation sites excluding steroid dienone is 13. The molecule has 53 heavy (non-hydrogen) atoms. The van der Waals surface area contributed by atoms with Gasteiger partial charge >= 0.3 is 0 Å². The van der Waals surface area contributed by atoms with Crippen LogP contribution in [0.4, 0.5) is 0 Å². The predicted octanol–water partition coefficient (Wildman–Crippen LogP) is 7.60. The molecule has 1 amide bonds. The van der Waals surface area contributed by atoms with Gasteiger partial charge in [-0.1, -0.05) is 150 Å². The zero-order valence-electron chi connectivity index (χ0n) is 32.7. The molecular formula is C44H73NO8. The molecule has 9 nitrogen and oxygen atoms in total. The molecular weight excluding hydrogens is 670 g/mol. The minimum Gasteiger partial charge on any atom is -0.394 e. The fraction of sp³-hybridized carbons (Fsp3) is 0.659. The average Bonchev–Trinajstić information content (AvgIpc) is 3.16. The summed E-state index contributed by atoms with van der Waals surface area (Å²) in [6.07, 6.45) is 39.2. The third-order valence-corrected chi connectivity index (χ3v) is 8.99. The number of hydrogen-bond donors (Lipinski definition) is 6. The topological polar surface area (TPSA) is 149 Å². The van der Waals surface area contributed by atoms with Crippen molar-refractivity contribution in [3.05, 3.63) is 85.1 Å². The van der Waals surface area contributed by atoms with Crippen LogP contribution < -0.4 is 5.32 Å². The van der Waals surface area contributed by atoms with Crippen LogP contribution in [0.5, 0.6) is 0 Å². The van der Waals surface area contributed by atoms with Crippen LogP contribution in [-0.4, -0.2) is 87.5 Å². The number of carbonyl (C=O) groups excluding carboxylic acids is 1. The highest BCUT2D eigenvalue weighted by Crippen LogP contribution is 2.22. The van der Waals surface area contributed by atoms with Crippen molar-refractivity contribution in [2.45, 2.75) is 172 Å². The van der Waals surface area contributed by atoms with E-state index in [9.17, 15) is 30.3 Å². The Morgan fingerprint density at radius 3 is 1.70 bits per heavy atom. The van der Waals surface area contributed by atoms with Gasteiger partial charge in [0.15, 0.2) is 6.29 Å². The van der Waals surface area contributed by atoms with Crippen molar-refractivity contribution in [2.75, 3.05) is 13.2 Å². The molecule has 1 heterocycles. The minimum absolute atomic E-state index is 0.216. The number of carbonyl (C=O) groups is 1. The molecule has 1 aliphatic rings. The van der Waals surface area contributed by atoms with E-state index in [1.54, 1.807) is 6.08 Å². The van der Waals surface area contributed by atoms with Gasteiger partial charge in [0.2, 0.25) is 5.91 Å². The first-order valence-electron chi connectivity index (χ1n) is 20.3. The van der Waals surface area contributed by atoms with Crippen molar-refractivity contribution in [1.82, 2.24) is 5.32 Å². The summed E-state index contributed by atoms with van der Waals surface area (Å²) in [7, 11) is 0. The largest absolute Gasteiger partial charge is 0.394 e. The van der Waals surface area contributed by atoms with Gasteiger partial charge in [0.05, 0.1) is 25.4 Å². The fourth-order valence-electron chi connectivity index (χ4n) is 5.70. The second-order valence-electron chi connectivity index (χ2n) is 13.7. The van der Waals surface area contributed by atoms with Crippen LogP contribution in [0.3, 0.4) is 0 Å². The number of unbranched alkanes of at least 4 members (excludes halogenated alkanes) is 9. The van der Waals surface area contributed by atoms with Gasteiger partial charge in [-0.05, 0) is 57.8 Å². The molecule has 0 radical (unpaired) electrons. The first-order valence-corrected chi connectivity index (χ1v) is 20.3. The molecule has 7 atom stereocenters. The number of aliphatic hydroxyl groups excluding tert-OH is 5. The summed E-state index contributed by atoms with van der Waals surface area (Å²) in [6.45, 7) is 3.56. The van der Waals surface area contributed by atoms with Gasteiger partial charge in [0.1, 0.15) is 24.4 Å². The van der Waals surface area contributed by atoms with Gasteiger partial charge < -0.3 is 40.3 Å². The number of ether oxygens (including phenoxy) is 2. The number of hydrogen-bond acceptors (Lipinski definition) is 8. The average molecular weight is 744 g/mol. The Morgan fingerprint density at radius 1 is 0.660 bits per heavy atom. The fourth-order valence-corrected chi connectivity index (χ4v) is 5.70. The smallest absolute Gasteiger partial charge is 0.220 e. The van der Waals surface area contributed by atoms with Crippen LogP contribution in [0.2, 0.25) is 0 Å². The lowest BCUT2D eigenvalue weighted by Crippen LogP contribution is -2.60. The standard InChI is InChI=1S/C44H73NO8/c1-3-5-7-9-11-13-15-16-17-18-19-20-21-22-24-26-28-30-32-34-40(48)45-37(36-52-44-43(51)42(50)41(49)39(35-46)53-44)38(47)33-31-29-27-25-23-14-12-10-8-6-4-2/h5,7,11,13,16-17,19-20,22,24,28,30-31,33,37-39,41-44,46-47,49-51H,3-4,6,8-10,12,14-15,18,21,23,25-27,29,32,34-36H2,1-2H3,(H,45,48)/b7-5-,13-11-,17-16-,20-19-,24-22-,30-28-,33-31+. The number of aliphatic hydroxyl groups is 5. The molecule has 0 aliphatic carbocycles. The molecule has 9 heteroatoms. The quantitative estimate of drug-likeness (QED) is 0.0314. The van der Waals surface area contributed by atoms with Gasteiger partial charge in [0.25, 0.3) is 0 Å². The number of amides is 1. The summed E-state index contributed by atoms with van der Waals surface area (Å²) >= 11 is 0. The summed E-state index contributed by atoms with van der Waals surface area (Å²) in [6, 6.07) is -0.848. The van der Waals surface area contributed by atoms with Crippen LogP contribution in [-0.2, 0) is 14.3 Å². The van der Waals surface area contributed by atoms with Crippen LogP contribution in [0, 0.1) is 0 Å². The van der Waals surface area contributed by atoms with Gasteiger partial charge in [-0.3, -0.25) is 4.79 Å². The normalized spacial score (nSPS) is 22.6. The lowest BCUT2D eigenvalue weighted by molar-refractivity contribution is -0.302. The lowest BCUT2D eigenvalue weighted by Gasteiger charge is -2.40. The van der Waals surface area contributed by atoms with Gasteiger partial charge in [-0.25, -0.2) is 0 Å². The third kappa shape index (κ3) is 25.1. The molecule has 0 aromatic carbocycles. The molecule has 0 saturated carbocycles. The highest BCUT2D eigenvalue weighted by Gasteiger charge is 2.44. The monoisotopic (exact) mass is 744 g/mol. The molecule has 1 rings (SSSR count). The van der Waals surface area contributed by atoms with Crippen molar-refractivity contribution in [3.63, 3.8) is 0 Å². The third-order valence-electron chi connectivity index (χ3n) is 8.99. The zero-order valence-corrected chi connectivity index (χ0v) is 32.7. The minimum atomic E-state index is -1.58. The highest BCUT2D eigenvalue weighted by atomic mass is 16.7. The van der Waals surface area contributed by atoms with Gasteiger partial charge in [-0.15, -0.1) is 0 Å². The van der Waals surface area contributed by atoms with E-state index >= 15 is 0 Å². The van der Waals surface area contributed by atoms with Gasteiger partial charge in [0, 0.05) is 6.42 Å². The van der Waals surface area contributed by atoms with Crippen molar-refractivity contribution in [3.8, 4) is 0 Å². The van der Waals surface area contributed by atoms with E-state index in [2.05, 4.69) is 79.9 Å². The molecule has 6 N–H and O–H groups in total. The molecule has 1 fully saturated rings. The summed E-state index contributed by atoms with van der Waals surface area (Å²) in [4.78, 5) is 12.9. The molecule has 0 bridgehead atoms. The Hall–Kier alpha value is -2.63. The zero-order chi connectivity index (χ0) is 38.8. The summed E-state index contributed by atoms with van der Waals surface area (Å²) in [5, 5.41) is 53.9. The first-order chi connectivity index (χ1) is 25.8. The molecule has 0 aromatic heterocycles. The Labute approximate surface area is 321 Å². The summed E-state index contributed by atoms with van der Waals surface area (Å²) in [5.41, 5.74) is 0. The number of rotatable bonds is 31. The van der Waals surface area contributed by atoms with E-state index in [-0.39, 0.29) is 18.9 Å². The first kappa shape index (κ1) is 48.4. The van der Waals surface area contributed by atoms with Crippen molar-refractivity contribution >= 4 is 5.91 Å². The van der Waals surface area contributed by atoms with E-state index in [0.29, 0.717) is 6.42 Å². The number of nitrogens with one attached hydrogen (secondary N) is 1. The Balaban J connectivity index is 2.48. The van der Waals surface area contributed by atoms with E-state index in [1.807, 2.05) is 18.2 Å². The Kier molecular flexibility index (Phi) is 31.0. The Bertz CT molecular complexity index is 1090. The van der Waals surface area contributed by atoms with Crippen molar-refractivity contribution in [1.29, 1.82) is 0 Å². The molecule has 0 spiro atoms. The van der Waals surface area contributed by atoms with Crippen LogP contribution in [0.25, 0.3) is 0 Å². The summed E-state index contributed by atoms with van der Waals surface area (Å²) < 4.78 is 11.1. The Morgan fingerprint density at radius 2 is 1.17 bits per heavy atom. The molecule has 302 valence electrons.